The van der Waals surface area contributed by atoms with E-state index in [2.05, 4.69) is 21.0 Å². The number of aryl methyl sites for hydroxylation is 2. The van der Waals surface area contributed by atoms with Crippen LogP contribution < -0.4 is 10.5 Å². The van der Waals surface area contributed by atoms with Crippen LogP contribution in [0.5, 0.6) is 5.75 Å². The van der Waals surface area contributed by atoms with Crippen LogP contribution in [0.3, 0.4) is 0 Å². The summed E-state index contributed by atoms with van der Waals surface area (Å²) in [5.41, 5.74) is 8.14. The van der Waals surface area contributed by atoms with E-state index in [1.165, 1.54) is 6.07 Å². The first-order valence-corrected chi connectivity index (χ1v) is 7.69. The van der Waals surface area contributed by atoms with Gasteiger partial charge in [-0.15, -0.1) is 0 Å². The van der Waals surface area contributed by atoms with Gasteiger partial charge < -0.3 is 10.5 Å². The molecule has 1 aromatic heterocycles. The highest BCUT2D eigenvalue weighted by Crippen LogP contribution is 2.24. The lowest BCUT2D eigenvalue weighted by Crippen LogP contribution is -2.07. The van der Waals surface area contributed by atoms with Crippen LogP contribution in [0.25, 0.3) is 0 Å². The highest BCUT2D eigenvalue weighted by atomic mass is 79.9. The lowest BCUT2D eigenvalue weighted by Gasteiger charge is -2.10. The Morgan fingerprint density at radius 2 is 2.19 bits per heavy atom. The first kappa shape index (κ1) is 16.0. The van der Waals surface area contributed by atoms with Gasteiger partial charge in [0.25, 0.3) is 0 Å². The molecule has 0 spiro atoms. The second-order valence-electron chi connectivity index (χ2n) is 4.75. The zero-order valence-corrected chi connectivity index (χ0v) is 13.8. The van der Waals surface area contributed by atoms with Crippen molar-refractivity contribution in [1.29, 1.82) is 0 Å². The van der Waals surface area contributed by atoms with Gasteiger partial charge in [0.05, 0.1) is 15.9 Å². The number of halogens is 2. The number of benzene rings is 1. The summed E-state index contributed by atoms with van der Waals surface area (Å²) < 4.78 is 22.3. The fraction of sp³-hybridized carbons (Fsp3) is 0.400. The van der Waals surface area contributed by atoms with Crippen LogP contribution in [0.15, 0.2) is 22.7 Å². The minimum absolute atomic E-state index is 0.240. The third-order valence-corrected chi connectivity index (χ3v) is 4.28. The third kappa shape index (κ3) is 3.63. The molecule has 1 aromatic carbocycles. The molecule has 0 unspecified atom stereocenters. The van der Waals surface area contributed by atoms with Crippen LogP contribution in [-0.4, -0.2) is 16.3 Å². The lowest BCUT2D eigenvalue weighted by molar-refractivity contribution is 0.277. The van der Waals surface area contributed by atoms with Gasteiger partial charge in [-0.05, 0) is 60.4 Å². The van der Waals surface area contributed by atoms with Gasteiger partial charge >= 0.3 is 0 Å². The number of rotatable bonds is 6. The largest absolute Gasteiger partial charge is 0.484 e. The molecule has 114 valence electrons. The average Bonchev–Trinajstić information content (AvgIpc) is 2.74. The molecule has 0 bridgehead atoms. The topological polar surface area (TPSA) is 53.1 Å². The van der Waals surface area contributed by atoms with Gasteiger partial charge in [-0.1, -0.05) is 6.07 Å². The maximum Gasteiger partial charge on any atom is 0.165 e. The van der Waals surface area contributed by atoms with E-state index in [1.807, 2.05) is 24.6 Å². The van der Waals surface area contributed by atoms with Crippen molar-refractivity contribution < 1.29 is 9.13 Å². The Bertz CT molecular complexity index is 628. The second-order valence-corrected chi connectivity index (χ2v) is 5.55. The summed E-state index contributed by atoms with van der Waals surface area (Å²) in [5, 5.41) is 4.38. The predicted molar refractivity (Wildman–Crippen MR) is 83.8 cm³/mol. The Morgan fingerprint density at radius 3 is 2.81 bits per heavy atom. The summed E-state index contributed by atoms with van der Waals surface area (Å²) in [6.07, 6.45) is 0.657. The molecule has 2 aromatic rings. The van der Waals surface area contributed by atoms with Gasteiger partial charge in [0, 0.05) is 6.54 Å². The van der Waals surface area contributed by atoms with Gasteiger partial charge in [-0.3, -0.25) is 4.68 Å². The molecule has 0 aliphatic heterocycles. The van der Waals surface area contributed by atoms with E-state index in [4.69, 9.17) is 10.5 Å². The van der Waals surface area contributed by atoms with E-state index < -0.39 is 0 Å². The van der Waals surface area contributed by atoms with Gasteiger partial charge in [-0.2, -0.15) is 5.10 Å². The van der Waals surface area contributed by atoms with E-state index in [0.717, 1.165) is 28.0 Å². The van der Waals surface area contributed by atoms with Crippen molar-refractivity contribution in [2.75, 3.05) is 6.54 Å². The smallest absolute Gasteiger partial charge is 0.165 e. The minimum Gasteiger partial charge on any atom is -0.484 e. The predicted octanol–water partition coefficient (Wildman–Crippen LogP) is 3.19. The summed E-state index contributed by atoms with van der Waals surface area (Å²) in [5.74, 6) is -0.125. The van der Waals surface area contributed by atoms with E-state index in [1.54, 1.807) is 6.07 Å². The minimum atomic E-state index is -0.364. The van der Waals surface area contributed by atoms with Crippen molar-refractivity contribution in [3.05, 3.63) is 45.4 Å². The van der Waals surface area contributed by atoms with Crippen LogP contribution in [0, 0.1) is 12.7 Å². The molecule has 0 fully saturated rings. The number of hydrogen-bond donors (Lipinski definition) is 1. The van der Waals surface area contributed by atoms with Crippen molar-refractivity contribution in [3.8, 4) is 5.75 Å². The van der Waals surface area contributed by atoms with Crippen LogP contribution in [0.4, 0.5) is 4.39 Å². The number of aromatic nitrogens is 2. The second kappa shape index (κ2) is 7.04. The first-order valence-electron chi connectivity index (χ1n) is 6.89. The van der Waals surface area contributed by atoms with Gasteiger partial charge in [0.2, 0.25) is 0 Å². The summed E-state index contributed by atoms with van der Waals surface area (Å²) in [6.45, 7) is 5.43. The average molecular weight is 356 g/mol. The summed E-state index contributed by atoms with van der Waals surface area (Å²) in [6, 6.07) is 4.95. The maximum absolute atomic E-state index is 14.0. The van der Waals surface area contributed by atoms with E-state index >= 15 is 0 Å². The molecule has 0 amide bonds. The Hall–Kier alpha value is -1.40. The monoisotopic (exact) mass is 355 g/mol. The summed E-state index contributed by atoms with van der Waals surface area (Å²) >= 11 is 3.50. The molecule has 0 saturated heterocycles. The Kier molecular flexibility index (Phi) is 5.36. The van der Waals surface area contributed by atoms with Crippen LogP contribution in [0.1, 0.15) is 23.9 Å². The van der Waals surface area contributed by atoms with Gasteiger partial charge in [0.1, 0.15) is 6.61 Å². The lowest BCUT2D eigenvalue weighted by atomic mass is 10.1. The molecular weight excluding hydrogens is 337 g/mol. The van der Waals surface area contributed by atoms with Crippen LogP contribution in [0.2, 0.25) is 0 Å². The Balaban J connectivity index is 2.13. The van der Waals surface area contributed by atoms with Gasteiger partial charge in [-0.25, -0.2) is 4.39 Å². The molecule has 2 rings (SSSR count). The van der Waals surface area contributed by atoms with Crippen LogP contribution >= 0.6 is 15.9 Å². The molecular formula is C15H19BrFN3O. The van der Waals surface area contributed by atoms with Crippen molar-refractivity contribution in [3.63, 3.8) is 0 Å². The maximum atomic E-state index is 14.0. The first-order chi connectivity index (χ1) is 10.1. The molecule has 2 N–H and O–H groups in total. The van der Waals surface area contributed by atoms with Crippen molar-refractivity contribution in [1.82, 2.24) is 9.78 Å². The number of ether oxygens (including phenoxy) is 1. The highest BCUT2D eigenvalue weighted by Gasteiger charge is 2.13. The Morgan fingerprint density at radius 1 is 1.43 bits per heavy atom. The van der Waals surface area contributed by atoms with E-state index in [9.17, 15) is 4.39 Å². The Labute approximate surface area is 132 Å². The quantitative estimate of drug-likeness (QED) is 0.865. The normalized spacial score (nSPS) is 10.9. The van der Waals surface area contributed by atoms with Gasteiger partial charge in [0.15, 0.2) is 11.6 Å². The molecule has 6 heteroatoms. The molecule has 0 atom stereocenters. The molecule has 0 aliphatic carbocycles. The van der Waals surface area contributed by atoms with Crippen molar-refractivity contribution in [2.24, 2.45) is 5.73 Å². The standard InChI is InChI=1S/C15H19BrFN3O/c1-3-20-13(15(16)10(2)19-20)9-21-14-5-4-11(6-7-18)8-12(14)17/h4-5,8H,3,6-7,9,18H2,1-2H3. The molecule has 1 heterocycles. The van der Waals surface area contributed by atoms with E-state index in [-0.39, 0.29) is 18.2 Å². The number of hydrogen-bond acceptors (Lipinski definition) is 3. The molecule has 21 heavy (non-hydrogen) atoms. The number of nitrogens with two attached hydrogens (primary N) is 1. The summed E-state index contributed by atoms with van der Waals surface area (Å²) in [7, 11) is 0. The molecule has 0 aliphatic rings. The van der Waals surface area contributed by atoms with Crippen molar-refractivity contribution >= 4 is 15.9 Å². The fourth-order valence-electron chi connectivity index (χ4n) is 2.14. The zero-order valence-electron chi connectivity index (χ0n) is 12.2. The zero-order chi connectivity index (χ0) is 15.4. The fourth-order valence-corrected chi connectivity index (χ4v) is 2.54. The molecule has 0 saturated carbocycles. The number of nitrogens with zero attached hydrogens (tertiary/aromatic N) is 2. The van der Waals surface area contributed by atoms with Crippen molar-refractivity contribution in [2.45, 2.75) is 33.4 Å². The summed E-state index contributed by atoms with van der Waals surface area (Å²) in [4.78, 5) is 0. The molecule has 4 nitrogen and oxygen atoms in total. The van der Waals surface area contributed by atoms with Crippen LogP contribution in [-0.2, 0) is 19.6 Å². The third-order valence-electron chi connectivity index (χ3n) is 3.25. The highest BCUT2D eigenvalue weighted by molar-refractivity contribution is 9.10. The SMILES string of the molecule is CCn1nc(C)c(Br)c1COc1ccc(CCN)cc1F. The molecule has 0 radical (unpaired) electrons. The van der Waals surface area contributed by atoms with E-state index in [0.29, 0.717) is 13.0 Å².